The normalized spacial score (nSPS) is 15.9. The molecule has 1 aromatic rings. The number of rotatable bonds is 2. The second-order valence-electron chi connectivity index (χ2n) is 5.00. The first-order chi connectivity index (χ1) is 7.23. The van der Waals surface area contributed by atoms with Crippen molar-refractivity contribution in [3.8, 4) is 0 Å². The summed E-state index contributed by atoms with van der Waals surface area (Å²) in [6, 6.07) is 4.97. The Hall–Kier alpha value is -0.0900. The van der Waals surface area contributed by atoms with E-state index in [1.165, 1.54) is 0 Å². The fourth-order valence-electron chi connectivity index (χ4n) is 1.48. The van der Waals surface area contributed by atoms with E-state index in [0.717, 1.165) is 10.0 Å². The summed E-state index contributed by atoms with van der Waals surface area (Å²) in [7, 11) is 0. The number of hydrogen-bond acceptors (Lipinski definition) is 2. The Morgan fingerprint density at radius 1 is 1.38 bits per heavy atom. The first kappa shape index (κ1) is 14.0. The molecule has 1 aromatic carbocycles. The van der Waals surface area contributed by atoms with Gasteiger partial charge in [-0.2, -0.15) is 0 Å². The van der Waals surface area contributed by atoms with Crippen LogP contribution in [0.5, 0.6) is 0 Å². The van der Waals surface area contributed by atoms with E-state index in [-0.39, 0.29) is 5.41 Å². The van der Waals surface area contributed by atoms with E-state index in [2.05, 4.69) is 15.9 Å². The molecule has 0 fully saturated rings. The first-order valence-electron chi connectivity index (χ1n) is 5.12. The molecule has 0 heterocycles. The van der Waals surface area contributed by atoms with Gasteiger partial charge in [0.1, 0.15) is 0 Å². The van der Waals surface area contributed by atoms with Gasteiger partial charge in [0.2, 0.25) is 0 Å². The van der Waals surface area contributed by atoms with E-state index in [0.29, 0.717) is 5.02 Å². The van der Waals surface area contributed by atoms with Crippen LogP contribution >= 0.6 is 27.5 Å². The standard InChI is InChI=1S/C12H17BrClNO/c1-12(2,3)11(16)10(15)8-5-4-7(14)6-9(8)13/h4-6,10-11,16H,15H2,1-3H3/t10-,11-/m1/s1. The SMILES string of the molecule is CC(C)(C)[C@H](O)[C@H](N)c1ccc(Cl)cc1Br. The molecule has 0 spiro atoms. The van der Waals surface area contributed by atoms with Gasteiger partial charge in [0, 0.05) is 9.50 Å². The zero-order valence-electron chi connectivity index (χ0n) is 9.67. The molecule has 0 unspecified atom stereocenters. The second kappa shape index (κ2) is 5.05. The third-order valence-corrected chi connectivity index (χ3v) is 3.47. The minimum absolute atomic E-state index is 0.251. The number of hydrogen-bond donors (Lipinski definition) is 2. The molecule has 4 heteroatoms. The van der Waals surface area contributed by atoms with Crippen LogP contribution in [0.3, 0.4) is 0 Å². The molecule has 2 nitrogen and oxygen atoms in total. The molecule has 0 radical (unpaired) electrons. The maximum absolute atomic E-state index is 10.1. The molecule has 1 rings (SSSR count). The van der Waals surface area contributed by atoms with Crippen LogP contribution < -0.4 is 5.73 Å². The zero-order chi connectivity index (χ0) is 12.5. The number of aliphatic hydroxyl groups excluding tert-OH is 1. The van der Waals surface area contributed by atoms with Gasteiger partial charge in [-0.3, -0.25) is 0 Å². The van der Waals surface area contributed by atoms with Crippen LogP contribution in [0.25, 0.3) is 0 Å². The van der Waals surface area contributed by atoms with Crippen molar-refractivity contribution in [2.24, 2.45) is 11.1 Å². The molecule has 90 valence electrons. The summed E-state index contributed by atoms with van der Waals surface area (Å²) in [6.45, 7) is 5.88. The minimum Gasteiger partial charge on any atom is -0.391 e. The van der Waals surface area contributed by atoms with Crippen molar-refractivity contribution in [2.45, 2.75) is 32.9 Å². The first-order valence-corrected chi connectivity index (χ1v) is 6.29. The van der Waals surface area contributed by atoms with Crippen molar-refractivity contribution in [1.82, 2.24) is 0 Å². The van der Waals surface area contributed by atoms with E-state index in [4.69, 9.17) is 17.3 Å². The van der Waals surface area contributed by atoms with E-state index in [1.54, 1.807) is 12.1 Å². The Morgan fingerprint density at radius 2 is 1.94 bits per heavy atom. The number of aliphatic hydroxyl groups is 1. The van der Waals surface area contributed by atoms with Crippen molar-refractivity contribution < 1.29 is 5.11 Å². The Kier molecular flexibility index (Phi) is 4.41. The van der Waals surface area contributed by atoms with Crippen LogP contribution in [0, 0.1) is 5.41 Å². The second-order valence-corrected chi connectivity index (χ2v) is 6.29. The topological polar surface area (TPSA) is 46.2 Å². The van der Waals surface area contributed by atoms with Gasteiger partial charge in [-0.05, 0) is 23.1 Å². The quantitative estimate of drug-likeness (QED) is 0.878. The summed E-state index contributed by atoms with van der Waals surface area (Å²) in [6.07, 6.45) is -0.607. The minimum atomic E-state index is -0.607. The third-order valence-electron chi connectivity index (χ3n) is 2.55. The molecule has 3 N–H and O–H groups in total. The third kappa shape index (κ3) is 3.20. The molecule has 0 bridgehead atoms. The summed E-state index contributed by atoms with van der Waals surface area (Å²) in [5.41, 5.74) is 6.67. The zero-order valence-corrected chi connectivity index (χ0v) is 12.0. The fourth-order valence-corrected chi connectivity index (χ4v) is 2.43. The maximum Gasteiger partial charge on any atom is 0.0781 e. The molecule has 16 heavy (non-hydrogen) atoms. The van der Waals surface area contributed by atoms with Gasteiger partial charge < -0.3 is 10.8 Å². The van der Waals surface area contributed by atoms with Crippen LogP contribution in [0.2, 0.25) is 5.02 Å². The van der Waals surface area contributed by atoms with Crippen molar-refractivity contribution in [1.29, 1.82) is 0 Å². The predicted octanol–water partition coefficient (Wildman–Crippen LogP) is 3.51. The predicted molar refractivity (Wildman–Crippen MR) is 71.5 cm³/mol. The highest BCUT2D eigenvalue weighted by atomic mass is 79.9. The largest absolute Gasteiger partial charge is 0.391 e. The van der Waals surface area contributed by atoms with Crippen molar-refractivity contribution in [2.75, 3.05) is 0 Å². The number of benzene rings is 1. The smallest absolute Gasteiger partial charge is 0.0781 e. The lowest BCUT2D eigenvalue weighted by Crippen LogP contribution is -2.37. The molecule has 0 amide bonds. The number of halogens is 2. The lowest BCUT2D eigenvalue weighted by Gasteiger charge is -2.31. The summed E-state index contributed by atoms with van der Waals surface area (Å²) in [4.78, 5) is 0. The lowest BCUT2D eigenvalue weighted by atomic mass is 9.82. The van der Waals surface area contributed by atoms with Crippen molar-refractivity contribution in [3.05, 3.63) is 33.3 Å². The molecule has 0 aliphatic rings. The molecule has 0 aliphatic carbocycles. The van der Waals surface area contributed by atoms with Gasteiger partial charge in [-0.25, -0.2) is 0 Å². The highest BCUT2D eigenvalue weighted by Crippen LogP contribution is 2.33. The number of nitrogens with two attached hydrogens (primary N) is 1. The summed E-state index contributed by atoms with van der Waals surface area (Å²) in [5.74, 6) is 0. The molecular weight excluding hydrogens is 289 g/mol. The fraction of sp³-hybridized carbons (Fsp3) is 0.500. The molecule has 2 atom stereocenters. The molecule has 0 saturated carbocycles. The monoisotopic (exact) mass is 305 g/mol. The van der Waals surface area contributed by atoms with Crippen LogP contribution in [-0.4, -0.2) is 11.2 Å². The van der Waals surface area contributed by atoms with Gasteiger partial charge in [0.15, 0.2) is 0 Å². The van der Waals surface area contributed by atoms with Crippen molar-refractivity contribution >= 4 is 27.5 Å². The van der Waals surface area contributed by atoms with Crippen molar-refractivity contribution in [3.63, 3.8) is 0 Å². The Morgan fingerprint density at radius 3 is 2.38 bits per heavy atom. The van der Waals surface area contributed by atoms with Gasteiger partial charge in [-0.1, -0.05) is 54.4 Å². The van der Waals surface area contributed by atoms with Gasteiger partial charge in [0.25, 0.3) is 0 Å². The maximum atomic E-state index is 10.1. The average molecular weight is 307 g/mol. The summed E-state index contributed by atoms with van der Waals surface area (Å²) >= 11 is 9.26. The van der Waals surface area contributed by atoms with E-state index in [1.807, 2.05) is 26.8 Å². The summed E-state index contributed by atoms with van der Waals surface area (Å²) in [5, 5.41) is 10.8. The molecule has 0 saturated heterocycles. The van der Waals surface area contributed by atoms with Gasteiger partial charge in [0.05, 0.1) is 12.1 Å². The Balaban J connectivity index is 3.01. The van der Waals surface area contributed by atoms with E-state index in [9.17, 15) is 5.11 Å². The molecule has 0 aliphatic heterocycles. The lowest BCUT2D eigenvalue weighted by molar-refractivity contribution is 0.0399. The van der Waals surface area contributed by atoms with Crippen LogP contribution in [0.4, 0.5) is 0 Å². The van der Waals surface area contributed by atoms with Gasteiger partial charge in [-0.15, -0.1) is 0 Å². The van der Waals surface area contributed by atoms with Crippen LogP contribution in [-0.2, 0) is 0 Å². The van der Waals surface area contributed by atoms with E-state index < -0.39 is 12.1 Å². The Bertz CT molecular complexity index is 376. The highest BCUT2D eigenvalue weighted by molar-refractivity contribution is 9.10. The molecule has 0 aromatic heterocycles. The van der Waals surface area contributed by atoms with Crippen LogP contribution in [0.15, 0.2) is 22.7 Å². The molecular formula is C12H17BrClNO. The summed E-state index contributed by atoms with van der Waals surface area (Å²) < 4.78 is 0.829. The van der Waals surface area contributed by atoms with Gasteiger partial charge >= 0.3 is 0 Å². The van der Waals surface area contributed by atoms with Crippen LogP contribution in [0.1, 0.15) is 32.4 Å². The van der Waals surface area contributed by atoms with E-state index >= 15 is 0 Å². The highest BCUT2D eigenvalue weighted by Gasteiger charge is 2.29. The Labute approximate surface area is 110 Å². The average Bonchev–Trinajstić information content (AvgIpc) is 2.14.